The van der Waals surface area contributed by atoms with Crippen molar-refractivity contribution < 1.29 is 27.9 Å². The Morgan fingerprint density at radius 2 is 1.95 bits per heavy atom. The van der Waals surface area contributed by atoms with Crippen molar-refractivity contribution in [2.45, 2.75) is 6.92 Å². The summed E-state index contributed by atoms with van der Waals surface area (Å²) >= 11 is 0. The number of nitrogens with one attached hydrogen (secondary N) is 1. The van der Waals surface area contributed by atoms with E-state index in [4.69, 9.17) is 15.0 Å². The Balaban J connectivity index is 2.62. The predicted octanol–water partition coefficient (Wildman–Crippen LogP) is 1.02. The molecular weight excluding hydrogens is 313 g/mol. The molecule has 0 aliphatic rings. The van der Waals surface area contributed by atoms with E-state index >= 15 is 0 Å². The molecule has 0 aliphatic carbocycles. The van der Waals surface area contributed by atoms with Crippen LogP contribution in [0.25, 0.3) is 0 Å². The van der Waals surface area contributed by atoms with Crippen molar-refractivity contribution in [2.24, 2.45) is 10.7 Å². The fraction of sp³-hybridized carbons (Fsp3) is 0.250. The normalized spacial score (nSPS) is 13.8. The Labute approximate surface area is 127 Å². The molecule has 0 saturated heterocycles. The van der Waals surface area contributed by atoms with Gasteiger partial charge in [-0.1, -0.05) is 18.2 Å². The molecule has 1 aromatic carbocycles. The van der Waals surface area contributed by atoms with Gasteiger partial charge in [-0.2, -0.15) is 0 Å². The fourth-order valence-electron chi connectivity index (χ4n) is 1.25. The maximum atomic E-state index is 12.2. The van der Waals surface area contributed by atoms with Gasteiger partial charge in [0.15, 0.2) is 5.96 Å². The molecule has 1 atom stereocenters. The summed E-state index contributed by atoms with van der Waals surface area (Å²) in [4.78, 5) is 26.1. The standard InChI is InChI=1S/C12H16N3O6P/c1-9(16)21-22(18,15-12(13)14-2)20-8-19-11(17)10-6-4-3-5-7-10/h3-7H,8H2,1-2H3,(H3,13,14,15,18). The number of hydrogen-bond donors (Lipinski definition) is 2. The van der Waals surface area contributed by atoms with Gasteiger partial charge in [0.1, 0.15) is 0 Å². The topological polar surface area (TPSA) is 129 Å². The van der Waals surface area contributed by atoms with Gasteiger partial charge in [0, 0.05) is 14.0 Å². The second-order valence-electron chi connectivity index (χ2n) is 3.85. The highest BCUT2D eigenvalue weighted by Crippen LogP contribution is 2.43. The number of benzene rings is 1. The van der Waals surface area contributed by atoms with Crippen LogP contribution >= 0.6 is 7.75 Å². The number of carbonyl (C=O) groups is 2. The summed E-state index contributed by atoms with van der Waals surface area (Å²) in [5.41, 5.74) is 5.63. The monoisotopic (exact) mass is 329 g/mol. The molecule has 22 heavy (non-hydrogen) atoms. The quantitative estimate of drug-likeness (QED) is 0.260. The Morgan fingerprint density at radius 1 is 1.32 bits per heavy atom. The SMILES string of the molecule is CN=C(N)NP(=O)(OCOC(=O)c1ccccc1)OC(C)=O. The largest absolute Gasteiger partial charge is 0.493 e. The van der Waals surface area contributed by atoms with Crippen molar-refractivity contribution in [2.75, 3.05) is 13.8 Å². The van der Waals surface area contributed by atoms with Crippen molar-refractivity contribution in [3.63, 3.8) is 0 Å². The average Bonchev–Trinajstić information content (AvgIpc) is 2.46. The number of hydrogen-bond acceptors (Lipinski definition) is 7. The number of nitrogens with two attached hydrogens (primary N) is 1. The van der Waals surface area contributed by atoms with Gasteiger partial charge >= 0.3 is 19.7 Å². The van der Waals surface area contributed by atoms with E-state index in [1.54, 1.807) is 18.2 Å². The third-order valence-electron chi connectivity index (χ3n) is 2.16. The van der Waals surface area contributed by atoms with Crippen LogP contribution in [0.3, 0.4) is 0 Å². The van der Waals surface area contributed by atoms with Gasteiger partial charge in [-0.05, 0) is 12.1 Å². The first-order valence-corrected chi connectivity index (χ1v) is 7.58. The van der Waals surface area contributed by atoms with E-state index in [9.17, 15) is 14.2 Å². The molecule has 0 spiro atoms. The third-order valence-corrected chi connectivity index (χ3v) is 3.61. The second kappa shape index (κ2) is 8.16. The summed E-state index contributed by atoms with van der Waals surface area (Å²) in [6.07, 6.45) is 0. The van der Waals surface area contributed by atoms with E-state index in [0.717, 1.165) is 6.92 Å². The third kappa shape index (κ3) is 5.94. The summed E-state index contributed by atoms with van der Waals surface area (Å²) in [5, 5.41) is 2.11. The lowest BCUT2D eigenvalue weighted by Gasteiger charge is -2.17. The minimum atomic E-state index is -4.13. The lowest BCUT2D eigenvalue weighted by Crippen LogP contribution is -2.31. The molecule has 120 valence electrons. The summed E-state index contributed by atoms with van der Waals surface area (Å²) in [6, 6.07) is 8.11. The molecule has 0 aliphatic heterocycles. The van der Waals surface area contributed by atoms with E-state index in [-0.39, 0.29) is 11.5 Å². The van der Waals surface area contributed by atoms with Gasteiger partial charge in [0.25, 0.3) is 0 Å². The van der Waals surface area contributed by atoms with Gasteiger partial charge in [-0.3, -0.25) is 14.9 Å². The maximum absolute atomic E-state index is 12.2. The number of esters is 1. The Bertz CT molecular complexity index is 604. The van der Waals surface area contributed by atoms with Crippen LogP contribution in [0.2, 0.25) is 0 Å². The molecule has 9 nitrogen and oxygen atoms in total. The van der Waals surface area contributed by atoms with E-state index in [1.807, 2.05) is 0 Å². The first kappa shape index (κ1) is 17.7. The van der Waals surface area contributed by atoms with Crippen LogP contribution in [-0.2, 0) is 23.1 Å². The zero-order valence-electron chi connectivity index (χ0n) is 12.0. The van der Waals surface area contributed by atoms with E-state index in [0.29, 0.717) is 0 Å². The van der Waals surface area contributed by atoms with Crippen LogP contribution in [0.4, 0.5) is 0 Å². The Kier molecular flexibility index (Phi) is 6.55. The van der Waals surface area contributed by atoms with Crippen molar-refractivity contribution >= 4 is 25.6 Å². The molecule has 1 unspecified atom stereocenters. The predicted molar refractivity (Wildman–Crippen MR) is 77.9 cm³/mol. The zero-order valence-corrected chi connectivity index (χ0v) is 12.9. The molecule has 0 radical (unpaired) electrons. The number of nitrogens with zero attached hydrogens (tertiary/aromatic N) is 1. The van der Waals surface area contributed by atoms with Crippen molar-refractivity contribution in [3.05, 3.63) is 35.9 Å². The number of carbonyl (C=O) groups excluding carboxylic acids is 2. The van der Waals surface area contributed by atoms with E-state index in [2.05, 4.69) is 14.6 Å². The molecule has 0 bridgehead atoms. The molecule has 1 rings (SSSR count). The fourth-order valence-corrected chi connectivity index (χ4v) is 2.32. The summed E-state index contributed by atoms with van der Waals surface area (Å²) in [7, 11) is -2.80. The highest BCUT2D eigenvalue weighted by molar-refractivity contribution is 7.53. The number of rotatable bonds is 6. The number of ether oxygens (including phenoxy) is 1. The minimum Gasteiger partial charge on any atom is -0.434 e. The lowest BCUT2D eigenvalue weighted by molar-refractivity contribution is -0.132. The van der Waals surface area contributed by atoms with Crippen LogP contribution in [0.1, 0.15) is 17.3 Å². The van der Waals surface area contributed by atoms with E-state index < -0.39 is 26.5 Å². The first-order chi connectivity index (χ1) is 10.4. The lowest BCUT2D eigenvalue weighted by atomic mass is 10.2. The van der Waals surface area contributed by atoms with Gasteiger partial charge in [-0.15, -0.1) is 0 Å². The molecule has 3 N–H and O–H groups in total. The molecule has 0 fully saturated rings. The Morgan fingerprint density at radius 3 is 2.50 bits per heavy atom. The van der Waals surface area contributed by atoms with Crippen LogP contribution in [-0.4, -0.2) is 31.7 Å². The van der Waals surface area contributed by atoms with Gasteiger partial charge < -0.3 is 15.0 Å². The second-order valence-corrected chi connectivity index (χ2v) is 5.51. The van der Waals surface area contributed by atoms with Crippen LogP contribution in [0, 0.1) is 0 Å². The molecule has 0 saturated carbocycles. The maximum Gasteiger partial charge on any atom is 0.493 e. The minimum absolute atomic E-state index is 0.265. The molecule has 10 heteroatoms. The van der Waals surface area contributed by atoms with E-state index in [1.165, 1.54) is 19.2 Å². The van der Waals surface area contributed by atoms with Crippen molar-refractivity contribution in [1.29, 1.82) is 0 Å². The van der Waals surface area contributed by atoms with Gasteiger partial charge in [0.05, 0.1) is 5.56 Å². The molecule has 1 aromatic rings. The highest BCUT2D eigenvalue weighted by atomic mass is 31.2. The van der Waals surface area contributed by atoms with Crippen LogP contribution in [0.15, 0.2) is 35.3 Å². The molecule has 0 aromatic heterocycles. The smallest absolute Gasteiger partial charge is 0.434 e. The van der Waals surface area contributed by atoms with Crippen molar-refractivity contribution in [3.8, 4) is 0 Å². The summed E-state index contributed by atoms with van der Waals surface area (Å²) in [6.45, 7) is 0.329. The Hall–Kier alpha value is -2.38. The molecule has 0 amide bonds. The summed E-state index contributed by atoms with van der Waals surface area (Å²) in [5.74, 6) is -1.82. The zero-order chi connectivity index (χ0) is 16.6. The van der Waals surface area contributed by atoms with Crippen molar-refractivity contribution in [1.82, 2.24) is 5.09 Å². The van der Waals surface area contributed by atoms with Gasteiger partial charge in [0.2, 0.25) is 6.79 Å². The van der Waals surface area contributed by atoms with Crippen LogP contribution in [0.5, 0.6) is 0 Å². The summed E-state index contributed by atoms with van der Waals surface area (Å²) < 4.78 is 26.3. The first-order valence-electron chi connectivity index (χ1n) is 6.04. The number of guanidine groups is 1. The van der Waals surface area contributed by atoms with Crippen LogP contribution < -0.4 is 10.8 Å². The average molecular weight is 329 g/mol. The van der Waals surface area contributed by atoms with Gasteiger partial charge in [-0.25, -0.2) is 13.9 Å². The highest BCUT2D eigenvalue weighted by Gasteiger charge is 2.29. The molecule has 0 heterocycles. The number of aliphatic imine (C=N–C) groups is 1. The molecular formula is C12H16N3O6P.